The lowest BCUT2D eigenvalue weighted by atomic mass is 9.84. The number of carbonyl (C=O) groups excluding carboxylic acids is 4. The standard InChI is InChI=1S/C18H37N5O9.4C7H12N2O4S/c19-3-9-8(25)2-7(22)17(29-9)31-15-5(20)1-6(21)16(14(15)28)32-18-13(27)11(23)12(26)10(4-24)30-18;4*1-4(10)8-5(6(11)12)7(2,3)14-9-13/h5-18,24-28H,1-4,19-23H2;4*5H,1-3H3,(H,8,10)(H,11,12)/t;4*5-/m.0000/s1. The number of carboxylic acid groups (broad SMARTS) is 4. The van der Waals surface area contributed by atoms with Gasteiger partial charge in [0.1, 0.15) is 60.8 Å². The van der Waals surface area contributed by atoms with Crippen molar-refractivity contribution in [2.24, 2.45) is 47.0 Å². The molecule has 508 valence electrons. The highest BCUT2D eigenvalue weighted by molar-refractivity contribution is 8.00. The molecule has 3 aliphatic rings. The van der Waals surface area contributed by atoms with Crippen molar-refractivity contribution in [2.45, 2.75) is 225 Å². The molecule has 23 N–H and O–H groups in total. The lowest BCUT2D eigenvalue weighted by Gasteiger charge is -2.47. The predicted octanol–water partition coefficient (Wildman–Crippen LogP) is -3.22. The van der Waals surface area contributed by atoms with E-state index >= 15 is 0 Å². The zero-order chi connectivity index (χ0) is 69.2. The van der Waals surface area contributed by atoms with Crippen LogP contribution in [-0.2, 0) is 57.3 Å². The molecule has 0 radical (unpaired) electrons. The first-order chi connectivity index (χ1) is 40.3. The molecular weight excluding hydrogens is 1260 g/mol. The Balaban J connectivity index is 0. The molecule has 0 aromatic carbocycles. The van der Waals surface area contributed by atoms with Gasteiger partial charge in [-0.3, -0.25) is 19.2 Å². The summed E-state index contributed by atoms with van der Waals surface area (Å²) in [5, 5.41) is 94.9. The summed E-state index contributed by atoms with van der Waals surface area (Å²) in [5.41, 5.74) is 29.8. The number of carbonyl (C=O) groups is 8. The van der Waals surface area contributed by atoms with Crippen molar-refractivity contribution < 1.29 is 103 Å². The first-order valence-corrected chi connectivity index (χ1v) is 29.1. The van der Waals surface area contributed by atoms with Crippen molar-refractivity contribution in [3.05, 3.63) is 19.6 Å². The lowest BCUT2D eigenvalue weighted by Crippen LogP contribution is -2.68. The Morgan fingerprint density at radius 3 is 1.02 bits per heavy atom. The minimum atomic E-state index is -1.44. The van der Waals surface area contributed by atoms with Crippen LogP contribution in [0.2, 0.25) is 0 Å². The van der Waals surface area contributed by atoms with Crippen LogP contribution in [-0.4, -0.2) is 235 Å². The predicted molar refractivity (Wildman–Crippen MR) is 319 cm³/mol. The molecule has 0 spiro atoms. The molecular formula is C46H85N13O25S4. The molecule has 0 aromatic heterocycles. The van der Waals surface area contributed by atoms with Gasteiger partial charge in [0.05, 0.1) is 49.9 Å². The molecule has 0 aromatic rings. The number of aliphatic hydroxyl groups is 5. The number of hydrogen-bond donors (Lipinski definition) is 18. The zero-order valence-electron chi connectivity index (χ0n) is 50.1. The quantitative estimate of drug-likeness (QED) is 0.0299. The van der Waals surface area contributed by atoms with Crippen LogP contribution in [0.25, 0.3) is 0 Å². The number of nitroso groups, excluding NO2 is 4. The van der Waals surface area contributed by atoms with Crippen molar-refractivity contribution in [3.63, 3.8) is 0 Å². The molecule has 14 unspecified atom stereocenters. The number of nitrogens with one attached hydrogen (secondary N) is 4. The molecule has 42 heteroatoms. The molecule has 0 bridgehead atoms. The molecule has 3 rings (SSSR count). The highest BCUT2D eigenvalue weighted by Gasteiger charge is 2.51. The maximum absolute atomic E-state index is 11.0. The van der Waals surface area contributed by atoms with E-state index in [2.05, 4.69) is 39.6 Å². The summed E-state index contributed by atoms with van der Waals surface area (Å²) in [7, 11) is 0. The van der Waals surface area contributed by atoms with E-state index in [-0.39, 0.29) is 19.4 Å². The van der Waals surface area contributed by atoms with Crippen molar-refractivity contribution in [1.82, 2.24) is 21.3 Å². The largest absolute Gasteiger partial charge is 0.480 e. The van der Waals surface area contributed by atoms with Crippen molar-refractivity contribution >= 4 is 95.3 Å². The molecule has 1 saturated carbocycles. The molecule has 88 heavy (non-hydrogen) atoms. The third kappa shape index (κ3) is 28.4. The second-order valence-electron chi connectivity index (χ2n) is 21.7. The van der Waals surface area contributed by atoms with Gasteiger partial charge in [-0.1, -0.05) is 0 Å². The minimum absolute atomic E-state index is 0.0542. The van der Waals surface area contributed by atoms with Crippen LogP contribution in [0.3, 0.4) is 0 Å². The summed E-state index contributed by atoms with van der Waals surface area (Å²) in [6.45, 7) is 16.5. The first kappa shape index (κ1) is 85.1. The molecule has 38 nitrogen and oxygen atoms in total. The second kappa shape index (κ2) is 39.3. The first-order valence-electron chi connectivity index (χ1n) is 26.0. The van der Waals surface area contributed by atoms with Crippen LogP contribution < -0.4 is 49.9 Å². The van der Waals surface area contributed by atoms with Crippen molar-refractivity contribution in [3.8, 4) is 0 Å². The maximum Gasteiger partial charge on any atom is 0.327 e. The smallest absolute Gasteiger partial charge is 0.327 e. The Labute approximate surface area is 522 Å². The average Bonchev–Trinajstić information content (AvgIpc) is 1.67. The molecule has 1 aliphatic carbocycles. The number of ether oxygens (including phenoxy) is 4. The van der Waals surface area contributed by atoms with E-state index in [1.54, 1.807) is 0 Å². The van der Waals surface area contributed by atoms with Crippen LogP contribution >= 0.6 is 47.8 Å². The van der Waals surface area contributed by atoms with Gasteiger partial charge >= 0.3 is 23.9 Å². The summed E-state index contributed by atoms with van der Waals surface area (Å²) in [6.07, 6.45) is -10.8. The fraction of sp³-hybridized carbons (Fsp3) is 0.826. The number of aliphatic hydroxyl groups excluding tert-OH is 5. The number of carboxylic acids is 4. The number of nitrogens with zero attached hydrogens (tertiary/aromatic N) is 4. The molecule has 4 amide bonds. The number of amides is 4. The van der Waals surface area contributed by atoms with E-state index in [0.717, 1.165) is 0 Å². The Kier molecular flexibility index (Phi) is 38.0. The van der Waals surface area contributed by atoms with Gasteiger partial charge in [0.2, 0.25) is 23.6 Å². The van der Waals surface area contributed by atoms with Crippen LogP contribution in [0.4, 0.5) is 0 Å². The van der Waals surface area contributed by atoms with Gasteiger partial charge in [0, 0.05) is 112 Å². The molecule has 2 heterocycles. The Hall–Kier alpha value is -5.00. The monoisotopic (exact) mass is 1350 g/mol. The van der Waals surface area contributed by atoms with Gasteiger partial charge < -0.3 is 115 Å². The number of aliphatic carboxylic acids is 4. The van der Waals surface area contributed by atoms with E-state index in [1.165, 1.54) is 83.1 Å². The Morgan fingerprint density at radius 2 is 0.773 bits per heavy atom. The SMILES string of the molecule is CC(=O)N[C@@H](C(=O)O)C(C)(C)SN=O.CC(=O)N[C@@H](C(=O)O)C(C)(C)SN=O.CC(=O)N[C@@H](C(=O)O)C(C)(C)SN=O.CC(=O)N[C@@H](C(=O)O)C(C)(C)SN=O.NCC1OC(OC2C(N)CC(N)C(OC3OC(CO)C(O)C(N)C3O)C2O)C(N)CC1O. The average molecular weight is 1350 g/mol. The van der Waals surface area contributed by atoms with Gasteiger partial charge in [-0.2, -0.15) is 0 Å². The van der Waals surface area contributed by atoms with Crippen LogP contribution in [0.1, 0.15) is 95.9 Å². The fourth-order valence-corrected chi connectivity index (χ4v) is 9.80. The van der Waals surface area contributed by atoms with Gasteiger partial charge in [0.25, 0.3) is 0 Å². The zero-order valence-corrected chi connectivity index (χ0v) is 53.4. The third-order valence-electron chi connectivity index (χ3n) is 12.7. The summed E-state index contributed by atoms with van der Waals surface area (Å²) < 4.78 is 29.1. The van der Waals surface area contributed by atoms with E-state index in [1.807, 2.05) is 0 Å². The number of hydrogen-bond acceptors (Lipinski definition) is 34. The van der Waals surface area contributed by atoms with Crippen LogP contribution in [0.15, 0.2) is 18.3 Å². The minimum Gasteiger partial charge on any atom is -0.480 e. The summed E-state index contributed by atoms with van der Waals surface area (Å²) >= 11 is 2.34. The summed E-state index contributed by atoms with van der Waals surface area (Å²) in [6, 6.07) is -7.81. The lowest BCUT2D eigenvalue weighted by molar-refractivity contribution is -0.314. The highest BCUT2D eigenvalue weighted by Crippen LogP contribution is 2.34. The number of nitrogens with two attached hydrogens (primary N) is 5. The Morgan fingerprint density at radius 1 is 0.489 bits per heavy atom. The topological polar surface area (TPSA) is 651 Å². The molecule has 2 aliphatic heterocycles. The molecule has 18 atom stereocenters. The van der Waals surface area contributed by atoms with E-state index < -0.39 is 183 Å². The van der Waals surface area contributed by atoms with Gasteiger partial charge in [0.15, 0.2) is 12.6 Å². The molecule has 2 saturated heterocycles. The summed E-state index contributed by atoms with van der Waals surface area (Å²) in [5.74, 6) is -6.62. The maximum atomic E-state index is 11.0. The highest BCUT2D eigenvalue weighted by atomic mass is 32.2. The van der Waals surface area contributed by atoms with Gasteiger partial charge in [-0.25, -0.2) is 19.2 Å². The number of rotatable bonds is 26. The summed E-state index contributed by atoms with van der Waals surface area (Å²) in [4.78, 5) is 126. The third-order valence-corrected chi connectivity index (χ3v) is 15.8. The second-order valence-corrected chi connectivity index (χ2v) is 27.3. The van der Waals surface area contributed by atoms with E-state index in [4.69, 9.17) is 68.0 Å². The van der Waals surface area contributed by atoms with Crippen molar-refractivity contribution in [1.29, 1.82) is 0 Å². The normalized spacial score (nSPS) is 27.5. The van der Waals surface area contributed by atoms with Crippen LogP contribution in [0.5, 0.6) is 0 Å². The fourth-order valence-electron chi connectivity index (χ4n) is 7.97. The molecule has 3 fully saturated rings. The van der Waals surface area contributed by atoms with Gasteiger partial charge in [-0.05, 0) is 68.2 Å². The van der Waals surface area contributed by atoms with Gasteiger partial charge in [-0.15, -0.1) is 19.6 Å². The van der Waals surface area contributed by atoms with E-state index in [9.17, 15) is 83.5 Å². The van der Waals surface area contributed by atoms with Crippen LogP contribution in [0, 0.1) is 19.6 Å². The van der Waals surface area contributed by atoms with E-state index in [0.29, 0.717) is 47.8 Å². The Bertz CT molecular complexity index is 2110. The van der Waals surface area contributed by atoms with Crippen molar-refractivity contribution in [2.75, 3.05) is 13.2 Å².